The second-order valence-corrected chi connectivity index (χ2v) is 10.5. The lowest BCUT2D eigenvalue weighted by Gasteiger charge is -2.45. The summed E-state index contributed by atoms with van der Waals surface area (Å²) in [6, 6.07) is 10.7. The minimum absolute atomic E-state index is 0.139. The van der Waals surface area contributed by atoms with Crippen molar-refractivity contribution in [2.24, 2.45) is 11.7 Å². The summed E-state index contributed by atoms with van der Waals surface area (Å²) in [6.45, 7) is 6.26. The minimum Gasteiger partial charge on any atom is -0.396 e. The van der Waals surface area contributed by atoms with Gasteiger partial charge in [0.2, 0.25) is 0 Å². The number of nitrogen functional groups attached to an aromatic ring is 1. The van der Waals surface area contributed by atoms with Gasteiger partial charge >= 0.3 is 0 Å². The van der Waals surface area contributed by atoms with E-state index in [4.69, 9.17) is 26.0 Å². The number of halogens is 1. The predicted molar refractivity (Wildman–Crippen MR) is 149 cm³/mol. The van der Waals surface area contributed by atoms with E-state index in [1.165, 1.54) is 0 Å². The number of hydrogen-bond acceptors (Lipinski definition) is 10. The van der Waals surface area contributed by atoms with Crippen LogP contribution in [0, 0.1) is 18.3 Å². The van der Waals surface area contributed by atoms with Crippen molar-refractivity contribution in [3.63, 3.8) is 0 Å². The molecular formula is C26H28FN7OS2. The Morgan fingerprint density at radius 3 is 2.70 bits per heavy atom. The topological polar surface area (TPSA) is 127 Å². The number of nitrogens with one attached hydrogen (secondary N) is 1. The summed E-state index contributed by atoms with van der Waals surface area (Å²) in [5.74, 6) is 1.50. The van der Waals surface area contributed by atoms with E-state index < -0.39 is 0 Å². The number of rotatable bonds is 7. The molecule has 0 aliphatic carbocycles. The van der Waals surface area contributed by atoms with E-state index >= 15 is 0 Å². The van der Waals surface area contributed by atoms with Crippen LogP contribution in [0.1, 0.15) is 35.3 Å². The first kappa shape index (κ1) is 25.4. The molecular weight excluding hydrogens is 509 g/mol. The molecule has 2 atom stereocenters. The maximum atomic E-state index is 12.8. The van der Waals surface area contributed by atoms with Crippen LogP contribution < -0.4 is 20.6 Å². The Hall–Kier alpha value is -3.28. The van der Waals surface area contributed by atoms with Gasteiger partial charge in [-0.05, 0) is 36.8 Å². The summed E-state index contributed by atoms with van der Waals surface area (Å²) >= 11 is 1.47. The Labute approximate surface area is 223 Å². The van der Waals surface area contributed by atoms with Crippen LogP contribution in [0.2, 0.25) is 0 Å². The molecule has 0 radical (unpaired) electrons. The largest absolute Gasteiger partial charge is 0.396 e. The summed E-state index contributed by atoms with van der Waals surface area (Å²) in [4.78, 5) is 16.1. The number of hydrogen-bond donors (Lipinski definition) is 3. The van der Waals surface area contributed by atoms with Gasteiger partial charge in [0, 0.05) is 47.1 Å². The van der Waals surface area contributed by atoms with Crippen LogP contribution in [0.4, 0.5) is 15.5 Å². The molecule has 3 heterocycles. The van der Waals surface area contributed by atoms with Crippen LogP contribution in [0.5, 0.6) is 5.75 Å². The van der Waals surface area contributed by atoms with Gasteiger partial charge in [-0.1, -0.05) is 31.2 Å². The predicted octanol–water partition coefficient (Wildman–Crippen LogP) is 5.05. The van der Waals surface area contributed by atoms with Crippen molar-refractivity contribution in [3.8, 4) is 5.75 Å². The molecule has 2 aromatic heterocycles. The van der Waals surface area contributed by atoms with E-state index in [-0.39, 0.29) is 35.3 Å². The molecule has 1 saturated heterocycles. The number of piperidine rings is 1. The maximum Gasteiger partial charge on any atom is 0.272 e. The monoisotopic (exact) mass is 537 g/mol. The number of fused-ring (bicyclic) bond motifs is 1. The smallest absolute Gasteiger partial charge is 0.272 e. The second-order valence-electron chi connectivity index (χ2n) is 9.39. The summed E-state index contributed by atoms with van der Waals surface area (Å²) < 4.78 is 17.8. The Balaban J connectivity index is 1.40. The number of benzene rings is 2. The van der Waals surface area contributed by atoms with Crippen LogP contribution in [0.25, 0.3) is 10.8 Å². The fraction of sp³-hybridized carbons (Fsp3) is 0.308. The van der Waals surface area contributed by atoms with E-state index in [2.05, 4.69) is 27.2 Å². The molecule has 2 aromatic carbocycles. The average Bonchev–Trinajstić information content (AvgIpc) is 3.35. The van der Waals surface area contributed by atoms with Gasteiger partial charge in [-0.3, -0.25) is 5.41 Å². The van der Waals surface area contributed by atoms with Gasteiger partial charge < -0.3 is 20.6 Å². The summed E-state index contributed by atoms with van der Waals surface area (Å²) in [7, 11) is 0. The zero-order chi connectivity index (χ0) is 26.2. The van der Waals surface area contributed by atoms with Gasteiger partial charge in [-0.25, -0.2) is 15.0 Å². The van der Waals surface area contributed by atoms with E-state index in [9.17, 15) is 3.89 Å². The van der Waals surface area contributed by atoms with Crippen molar-refractivity contribution in [1.29, 1.82) is 5.41 Å². The standard InChI is InChI=1S/C26H28FN7OS2/c1-15-12-34(10-9-26(15,14-28)25-32-16(2)13-36-25)21-11-31-23(24(30)33-21)22(29)19-7-8-20(35-37-27)18-6-4-3-5-17(18)19/h3-8,11,13,15,29H,9-10,12,14,28H2,1-2H3,(H2,30,33). The highest BCUT2D eigenvalue weighted by atomic mass is 32.2. The van der Waals surface area contributed by atoms with Crippen molar-refractivity contribution in [2.45, 2.75) is 25.7 Å². The lowest BCUT2D eigenvalue weighted by Crippen LogP contribution is -2.53. The highest BCUT2D eigenvalue weighted by Crippen LogP contribution is 2.41. The summed E-state index contributed by atoms with van der Waals surface area (Å²) in [5.41, 5.74) is 14.6. The number of thiazole rings is 1. The molecule has 11 heteroatoms. The molecule has 8 nitrogen and oxygen atoms in total. The molecule has 5 N–H and O–H groups in total. The molecule has 37 heavy (non-hydrogen) atoms. The molecule has 0 bridgehead atoms. The maximum absolute atomic E-state index is 12.8. The summed E-state index contributed by atoms with van der Waals surface area (Å²) in [6.07, 6.45) is 2.53. The van der Waals surface area contributed by atoms with Crippen LogP contribution in [-0.2, 0) is 5.41 Å². The molecule has 1 fully saturated rings. The van der Waals surface area contributed by atoms with Crippen LogP contribution >= 0.6 is 23.8 Å². The SMILES string of the molecule is Cc1csc(C2(CN)CCN(c3cnc(C(=N)c4ccc(OSF)c5ccccc45)c(N)n3)CC2C)n1. The normalized spacial score (nSPS) is 19.8. The van der Waals surface area contributed by atoms with Crippen molar-refractivity contribution in [1.82, 2.24) is 15.0 Å². The van der Waals surface area contributed by atoms with Crippen molar-refractivity contribution >= 4 is 51.9 Å². The number of anilines is 2. The molecule has 0 spiro atoms. The van der Waals surface area contributed by atoms with Gasteiger partial charge in [-0.15, -0.1) is 15.2 Å². The van der Waals surface area contributed by atoms with Gasteiger partial charge in [0.1, 0.15) is 22.3 Å². The third-order valence-electron chi connectivity index (χ3n) is 7.30. The highest BCUT2D eigenvalue weighted by molar-refractivity contribution is 7.89. The lowest BCUT2D eigenvalue weighted by atomic mass is 9.71. The molecule has 2 unspecified atom stereocenters. The number of nitrogens with two attached hydrogens (primary N) is 2. The first-order chi connectivity index (χ1) is 17.9. The molecule has 4 aromatic rings. The average molecular weight is 538 g/mol. The Morgan fingerprint density at radius 2 is 2.05 bits per heavy atom. The van der Waals surface area contributed by atoms with E-state index in [0.29, 0.717) is 34.8 Å². The van der Waals surface area contributed by atoms with Gasteiger partial charge in [0.25, 0.3) is 12.4 Å². The van der Waals surface area contributed by atoms with Gasteiger partial charge in [-0.2, -0.15) is 0 Å². The fourth-order valence-electron chi connectivity index (χ4n) is 5.14. The van der Waals surface area contributed by atoms with E-state index in [0.717, 1.165) is 35.6 Å². The number of aromatic nitrogens is 3. The van der Waals surface area contributed by atoms with E-state index in [1.807, 2.05) is 31.2 Å². The molecule has 0 amide bonds. The van der Waals surface area contributed by atoms with Crippen LogP contribution in [0.15, 0.2) is 48.0 Å². The Kier molecular flexibility index (Phi) is 7.02. The minimum atomic E-state index is -0.212. The first-order valence-corrected chi connectivity index (χ1v) is 13.5. The molecule has 1 aliphatic rings. The quantitative estimate of drug-likeness (QED) is 0.221. The first-order valence-electron chi connectivity index (χ1n) is 11.9. The number of aryl methyl sites for hydroxylation is 1. The third-order valence-corrected chi connectivity index (χ3v) is 8.72. The van der Waals surface area contributed by atoms with Crippen LogP contribution in [0.3, 0.4) is 0 Å². The Bertz CT molecular complexity index is 1460. The lowest BCUT2D eigenvalue weighted by molar-refractivity contribution is 0.242. The zero-order valence-corrected chi connectivity index (χ0v) is 22.2. The molecule has 5 rings (SSSR count). The Morgan fingerprint density at radius 1 is 1.27 bits per heavy atom. The van der Waals surface area contributed by atoms with Gasteiger partial charge in [0.15, 0.2) is 5.82 Å². The highest BCUT2D eigenvalue weighted by Gasteiger charge is 2.43. The van der Waals surface area contributed by atoms with Crippen LogP contribution in [-0.4, -0.2) is 40.3 Å². The molecule has 1 aliphatic heterocycles. The van der Waals surface area contributed by atoms with Crippen molar-refractivity contribution < 1.29 is 8.07 Å². The second kappa shape index (κ2) is 10.2. The van der Waals surface area contributed by atoms with E-state index in [1.54, 1.807) is 29.7 Å². The zero-order valence-electron chi connectivity index (χ0n) is 20.6. The molecule has 0 saturated carbocycles. The van der Waals surface area contributed by atoms with Crippen molar-refractivity contribution in [2.75, 3.05) is 30.3 Å². The fourth-order valence-corrected chi connectivity index (χ4v) is 6.50. The van der Waals surface area contributed by atoms with Crippen molar-refractivity contribution in [3.05, 3.63) is 69.9 Å². The number of nitrogens with zero attached hydrogens (tertiary/aromatic N) is 4. The summed E-state index contributed by atoms with van der Waals surface area (Å²) in [5, 5.41) is 13.5. The van der Waals surface area contributed by atoms with Gasteiger partial charge in [0.05, 0.1) is 11.9 Å². The molecule has 192 valence electrons. The third kappa shape index (κ3) is 4.51.